The predicted molar refractivity (Wildman–Crippen MR) is 72.2 cm³/mol. The standard InChI is InChI=1S/C13H26O2Si/c1-6-16(7-2,8-3)11-9-10-12(4)15-13(5)14/h9,11-12H,6-8,10H2,1-5H3/b11-9+. The van der Waals surface area contributed by atoms with E-state index < -0.39 is 8.07 Å². The van der Waals surface area contributed by atoms with Gasteiger partial charge >= 0.3 is 5.97 Å². The van der Waals surface area contributed by atoms with Crippen LogP contribution in [0.1, 0.15) is 41.0 Å². The highest BCUT2D eigenvalue weighted by atomic mass is 28.3. The van der Waals surface area contributed by atoms with E-state index in [4.69, 9.17) is 4.74 Å². The lowest BCUT2D eigenvalue weighted by Crippen LogP contribution is -2.28. The maximum atomic E-state index is 10.7. The van der Waals surface area contributed by atoms with Gasteiger partial charge in [-0.15, -0.1) is 0 Å². The number of hydrogen-bond acceptors (Lipinski definition) is 2. The van der Waals surface area contributed by atoms with E-state index in [-0.39, 0.29) is 12.1 Å². The van der Waals surface area contributed by atoms with Crippen LogP contribution in [-0.2, 0) is 9.53 Å². The molecule has 0 bridgehead atoms. The lowest BCUT2D eigenvalue weighted by atomic mass is 10.3. The molecule has 0 saturated carbocycles. The van der Waals surface area contributed by atoms with Gasteiger partial charge in [-0.05, 0) is 6.92 Å². The summed E-state index contributed by atoms with van der Waals surface area (Å²) in [6.07, 6.45) is 3.07. The van der Waals surface area contributed by atoms with E-state index in [1.54, 1.807) is 0 Å². The first-order valence-corrected chi connectivity index (χ1v) is 9.04. The van der Waals surface area contributed by atoms with Crippen LogP contribution in [0.15, 0.2) is 11.8 Å². The van der Waals surface area contributed by atoms with Crippen LogP contribution in [0, 0.1) is 0 Å². The lowest BCUT2D eigenvalue weighted by Gasteiger charge is -2.23. The molecule has 2 nitrogen and oxygen atoms in total. The zero-order valence-corrected chi connectivity index (χ0v) is 12.4. The molecule has 0 rings (SSSR count). The summed E-state index contributed by atoms with van der Waals surface area (Å²) in [7, 11) is -1.15. The second-order valence-electron chi connectivity index (χ2n) is 4.48. The van der Waals surface area contributed by atoms with Gasteiger partial charge in [-0.2, -0.15) is 0 Å². The molecule has 16 heavy (non-hydrogen) atoms. The first kappa shape index (κ1) is 15.4. The number of rotatable bonds is 7. The highest BCUT2D eigenvalue weighted by Crippen LogP contribution is 2.21. The smallest absolute Gasteiger partial charge is 0.302 e. The fourth-order valence-electron chi connectivity index (χ4n) is 1.94. The number of esters is 1. The third-order valence-electron chi connectivity index (χ3n) is 3.42. The van der Waals surface area contributed by atoms with Gasteiger partial charge in [0.1, 0.15) is 6.10 Å². The van der Waals surface area contributed by atoms with Crippen molar-refractivity contribution in [2.24, 2.45) is 0 Å². The van der Waals surface area contributed by atoms with Crippen molar-refractivity contribution in [3.63, 3.8) is 0 Å². The van der Waals surface area contributed by atoms with Crippen LogP contribution < -0.4 is 0 Å². The number of ether oxygens (including phenoxy) is 1. The van der Waals surface area contributed by atoms with Crippen molar-refractivity contribution in [2.75, 3.05) is 0 Å². The molecule has 0 aromatic carbocycles. The Morgan fingerprint density at radius 3 is 2.12 bits per heavy atom. The van der Waals surface area contributed by atoms with E-state index >= 15 is 0 Å². The molecule has 1 unspecified atom stereocenters. The summed E-state index contributed by atoms with van der Waals surface area (Å²) in [4.78, 5) is 10.7. The quantitative estimate of drug-likeness (QED) is 0.499. The van der Waals surface area contributed by atoms with E-state index in [0.29, 0.717) is 0 Å². The molecule has 3 heteroatoms. The number of carbonyl (C=O) groups excluding carboxylic acids is 1. The zero-order valence-electron chi connectivity index (χ0n) is 11.4. The van der Waals surface area contributed by atoms with E-state index in [9.17, 15) is 4.79 Å². The van der Waals surface area contributed by atoms with Gasteiger partial charge in [0.15, 0.2) is 0 Å². The minimum Gasteiger partial charge on any atom is -0.463 e. The number of carbonyl (C=O) groups is 1. The summed E-state index contributed by atoms with van der Waals surface area (Å²) in [6.45, 7) is 10.3. The molecule has 0 aromatic heterocycles. The molecule has 1 atom stereocenters. The third-order valence-corrected chi connectivity index (χ3v) is 8.59. The van der Waals surface area contributed by atoms with Gasteiger partial charge in [0, 0.05) is 13.3 Å². The summed E-state index contributed by atoms with van der Waals surface area (Å²) in [5, 5.41) is 0. The maximum absolute atomic E-state index is 10.7. The van der Waals surface area contributed by atoms with Crippen LogP contribution in [0.5, 0.6) is 0 Å². The Balaban J connectivity index is 4.20. The van der Waals surface area contributed by atoms with Gasteiger partial charge < -0.3 is 4.74 Å². The van der Waals surface area contributed by atoms with Crippen LogP contribution in [0.4, 0.5) is 0 Å². The highest BCUT2D eigenvalue weighted by Gasteiger charge is 2.22. The molecular weight excluding hydrogens is 216 g/mol. The van der Waals surface area contributed by atoms with Crippen molar-refractivity contribution in [1.82, 2.24) is 0 Å². The molecular formula is C13H26O2Si. The Bertz CT molecular complexity index is 224. The van der Waals surface area contributed by atoms with Crippen LogP contribution in [-0.4, -0.2) is 20.1 Å². The van der Waals surface area contributed by atoms with Gasteiger partial charge in [0.2, 0.25) is 0 Å². The Kier molecular flexibility index (Phi) is 7.39. The minimum atomic E-state index is -1.15. The second-order valence-corrected chi connectivity index (χ2v) is 9.66. The van der Waals surface area contributed by atoms with E-state index in [1.165, 1.54) is 25.1 Å². The average Bonchev–Trinajstić information content (AvgIpc) is 2.24. The third kappa shape index (κ3) is 5.49. The number of hydrogen-bond donors (Lipinski definition) is 0. The van der Waals surface area contributed by atoms with Gasteiger partial charge in [0.25, 0.3) is 0 Å². The fraction of sp³-hybridized carbons (Fsp3) is 0.769. The zero-order chi connectivity index (χ0) is 12.6. The topological polar surface area (TPSA) is 26.3 Å². The van der Waals surface area contributed by atoms with Gasteiger partial charge in [-0.25, -0.2) is 0 Å². The van der Waals surface area contributed by atoms with E-state index in [1.807, 2.05) is 6.92 Å². The summed E-state index contributed by atoms with van der Waals surface area (Å²) >= 11 is 0. The minimum absolute atomic E-state index is 0.00557. The largest absolute Gasteiger partial charge is 0.463 e. The molecule has 0 aliphatic rings. The summed E-state index contributed by atoms with van der Waals surface area (Å²) < 4.78 is 5.09. The fourth-order valence-corrected chi connectivity index (χ4v) is 4.79. The molecule has 0 N–H and O–H groups in total. The molecule has 0 spiro atoms. The molecule has 94 valence electrons. The van der Waals surface area contributed by atoms with Gasteiger partial charge in [-0.1, -0.05) is 50.7 Å². The maximum Gasteiger partial charge on any atom is 0.302 e. The second kappa shape index (κ2) is 7.66. The van der Waals surface area contributed by atoms with E-state index in [0.717, 1.165) is 6.42 Å². The van der Waals surface area contributed by atoms with Crippen molar-refractivity contribution >= 4 is 14.0 Å². The summed E-state index contributed by atoms with van der Waals surface area (Å²) in [6, 6.07) is 3.91. The first-order valence-electron chi connectivity index (χ1n) is 6.34. The average molecular weight is 242 g/mol. The van der Waals surface area contributed by atoms with Crippen LogP contribution in [0.25, 0.3) is 0 Å². The van der Waals surface area contributed by atoms with Crippen molar-refractivity contribution in [3.05, 3.63) is 11.8 Å². The molecule has 0 radical (unpaired) electrons. The molecule has 0 aliphatic carbocycles. The summed E-state index contributed by atoms with van der Waals surface area (Å²) in [5.74, 6) is -0.189. The van der Waals surface area contributed by atoms with Gasteiger partial charge in [0.05, 0.1) is 8.07 Å². The molecule has 0 heterocycles. The lowest BCUT2D eigenvalue weighted by molar-refractivity contribution is -0.145. The Morgan fingerprint density at radius 2 is 1.75 bits per heavy atom. The highest BCUT2D eigenvalue weighted by molar-refractivity contribution is 6.84. The Labute approximate surface area is 101 Å². The van der Waals surface area contributed by atoms with Crippen LogP contribution >= 0.6 is 0 Å². The van der Waals surface area contributed by atoms with Crippen molar-refractivity contribution in [3.8, 4) is 0 Å². The predicted octanol–water partition coefficient (Wildman–Crippen LogP) is 3.93. The molecule has 0 amide bonds. The van der Waals surface area contributed by atoms with Gasteiger partial charge in [-0.3, -0.25) is 4.79 Å². The van der Waals surface area contributed by atoms with Crippen LogP contribution in [0.3, 0.4) is 0 Å². The van der Waals surface area contributed by atoms with E-state index in [2.05, 4.69) is 32.5 Å². The summed E-state index contributed by atoms with van der Waals surface area (Å²) in [5.41, 5.74) is 2.44. The molecule has 0 aliphatic heterocycles. The van der Waals surface area contributed by atoms with Crippen LogP contribution in [0.2, 0.25) is 18.1 Å². The molecule has 0 aromatic rings. The SMILES string of the molecule is CC[Si](/C=C/CC(C)OC(C)=O)(CC)CC. The monoisotopic (exact) mass is 242 g/mol. The molecule has 0 fully saturated rings. The van der Waals surface area contributed by atoms with Crippen molar-refractivity contribution in [1.29, 1.82) is 0 Å². The first-order chi connectivity index (χ1) is 7.49. The molecule has 0 saturated heterocycles. The Morgan fingerprint density at radius 1 is 1.25 bits per heavy atom. The van der Waals surface area contributed by atoms with Crippen molar-refractivity contribution in [2.45, 2.75) is 65.3 Å². The normalized spacial score (nSPS) is 14.1. The Hall–Kier alpha value is -0.573. The van der Waals surface area contributed by atoms with Crippen molar-refractivity contribution < 1.29 is 9.53 Å².